The van der Waals surface area contributed by atoms with Crippen molar-refractivity contribution >= 4 is 35.0 Å². The number of benzene rings is 1. The maximum atomic E-state index is 11.9. The fraction of sp³-hybridized carbons (Fsp3) is 0.200. The van der Waals surface area contributed by atoms with Crippen LogP contribution in [0.5, 0.6) is 5.75 Å². The van der Waals surface area contributed by atoms with Gasteiger partial charge in [0.2, 0.25) is 0 Å². The Balaban J connectivity index is 1.90. The zero-order valence-electron chi connectivity index (χ0n) is 12.4. The van der Waals surface area contributed by atoms with Crippen LogP contribution in [0.25, 0.3) is 0 Å². The maximum Gasteiger partial charge on any atom is 0.279 e. The summed E-state index contributed by atoms with van der Waals surface area (Å²) in [6.45, 7) is 3.17. The number of hydrogen-bond donors (Lipinski definition) is 2. The Labute approximate surface area is 142 Å². The molecule has 2 amide bonds. The molecule has 2 aromatic rings. The molecule has 0 aliphatic rings. The SMILES string of the molecule is Cc1occc1C(=O)NNC(=O)C(C)Oc1ccc(Cl)cc1Cl. The molecule has 0 radical (unpaired) electrons. The number of hydrogen-bond acceptors (Lipinski definition) is 4. The molecule has 1 unspecified atom stereocenters. The third kappa shape index (κ3) is 4.40. The molecular formula is C15H14Cl2N2O4. The molecule has 2 N–H and O–H groups in total. The van der Waals surface area contributed by atoms with Gasteiger partial charge in [0.15, 0.2) is 6.10 Å². The Morgan fingerprint density at radius 1 is 1.22 bits per heavy atom. The van der Waals surface area contributed by atoms with Crippen LogP contribution in [-0.4, -0.2) is 17.9 Å². The van der Waals surface area contributed by atoms with Crippen molar-refractivity contribution in [1.82, 2.24) is 10.9 Å². The second-order valence-corrected chi connectivity index (χ2v) is 5.51. The maximum absolute atomic E-state index is 11.9. The Hall–Kier alpha value is -2.18. The zero-order chi connectivity index (χ0) is 17.0. The van der Waals surface area contributed by atoms with E-state index in [0.29, 0.717) is 22.1 Å². The molecule has 1 aromatic heterocycles. The molecule has 1 heterocycles. The van der Waals surface area contributed by atoms with Crippen molar-refractivity contribution in [3.8, 4) is 5.75 Å². The fourth-order valence-corrected chi connectivity index (χ4v) is 2.18. The van der Waals surface area contributed by atoms with E-state index in [0.717, 1.165) is 0 Å². The van der Waals surface area contributed by atoms with E-state index in [9.17, 15) is 9.59 Å². The highest BCUT2D eigenvalue weighted by Crippen LogP contribution is 2.28. The van der Waals surface area contributed by atoms with Crippen molar-refractivity contribution in [3.05, 3.63) is 51.9 Å². The van der Waals surface area contributed by atoms with Crippen LogP contribution in [0, 0.1) is 6.92 Å². The summed E-state index contributed by atoms with van der Waals surface area (Å²) in [6.07, 6.45) is 0.514. The summed E-state index contributed by atoms with van der Waals surface area (Å²) >= 11 is 11.8. The van der Waals surface area contributed by atoms with E-state index in [1.165, 1.54) is 25.3 Å². The van der Waals surface area contributed by atoms with Gasteiger partial charge in [0, 0.05) is 5.02 Å². The van der Waals surface area contributed by atoms with Crippen LogP contribution in [0.2, 0.25) is 10.0 Å². The van der Waals surface area contributed by atoms with Gasteiger partial charge in [-0.15, -0.1) is 0 Å². The van der Waals surface area contributed by atoms with Gasteiger partial charge >= 0.3 is 0 Å². The molecule has 1 aromatic carbocycles. The van der Waals surface area contributed by atoms with E-state index in [4.69, 9.17) is 32.4 Å². The third-order valence-corrected chi connectivity index (χ3v) is 3.50. The average molecular weight is 357 g/mol. The number of amides is 2. The molecule has 0 saturated heterocycles. The van der Waals surface area contributed by atoms with Gasteiger partial charge in [0.1, 0.15) is 11.5 Å². The van der Waals surface area contributed by atoms with E-state index < -0.39 is 17.9 Å². The number of hydrazine groups is 1. The number of nitrogens with one attached hydrogen (secondary N) is 2. The van der Waals surface area contributed by atoms with Crippen molar-refractivity contribution in [2.75, 3.05) is 0 Å². The van der Waals surface area contributed by atoms with E-state index in [-0.39, 0.29) is 5.02 Å². The second kappa shape index (κ2) is 7.39. The van der Waals surface area contributed by atoms with Gasteiger partial charge in [-0.1, -0.05) is 23.2 Å². The summed E-state index contributed by atoms with van der Waals surface area (Å²) in [5.74, 6) is -0.253. The Morgan fingerprint density at radius 2 is 1.96 bits per heavy atom. The molecule has 8 heteroatoms. The summed E-state index contributed by atoms with van der Waals surface area (Å²) < 4.78 is 10.5. The molecule has 122 valence electrons. The summed E-state index contributed by atoms with van der Waals surface area (Å²) in [7, 11) is 0. The minimum absolute atomic E-state index is 0.287. The van der Waals surface area contributed by atoms with Crippen molar-refractivity contribution in [1.29, 1.82) is 0 Å². The highest BCUT2D eigenvalue weighted by Gasteiger charge is 2.18. The molecule has 23 heavy (non-hydrogen) atoms. The van der Waals surface area contributed by atoms with Gasteiger partial charge in [-0.3, -0.25) is 20.4 Å². The highest BCUT2D eigenvalue weighted by molar-refractivity contribution is 6.35. The summed E-state index contributed by atoms with van der Waals surface area (Å²) in [6, 6.07) is 6.16. The highest BCUT2D eigenvalue weighted by atomic mass is 35.5. The number of rotatable bonds is 4. The normalized spacial score (nSPS) is 11.7. The molecule has 0 aliphatic heterocycles. The lowest BCUT2D eigenvalue weighted by atomic mass is 10.2. The minimum Gasteiger partial charge on any atom is -0.479 e. The van der Waals surface area contributed by atoms with Gasteiger partial charge in [-0.2, -0.15) is 0 Å². The quantitative estimate of drug-likeness (QED) is 0.824. The van der Waals surface area contributed by atoms with Gasteiger partial charge in [0.25, 0.3) is 11.8 Å². The molecule has 6 nitrogen and oxygen atoms in total. The Morgan fingerprint density at radius 3 is 2.57 bits per heavy atom. The van der Waals surface area contributed by atoms with Crippen LogP contribution in [0.15, 0.2) is 34.9 Å². The molecule has 2 rings (SSSR count). The molecule has 0 aliphatic carbocycles. The lowest BCUT2D eigenvalue weighted by Gasteiger charge is -2.16. The van der Waals surface area contributed by atoms with Crippen LogP contribution in [0.1, 0.15) is 23.0 Å². The smallest absolute Gasteiger partial charge is 0.279 e. The van der Waals surface area contributed by atoms with Crippen molar-refractivity contribution in [2.45, 2.75) is 20.0 Å². The molecule has 0 saturated carbocycles. The first-order valence-electron chi connectivity index (χ1n) is 6.64. The van der Waals surface area contributed by atoms with Gasteiger partial charge in [-0.25, -0.2) is 0 Å². The molecule has 0 fully saturated rings. The number of carbonyl (C=O) groups is 2. The van der Waals surface area contributed by atoms with Crippen LogP contribution in [0.3, 0.4) is 0 Å². The standard InChI is InChI=1S/C15H14Cl2N2O4/c1-8-11(5-6-22-8)15(21)19-18-14(20)9(2)23-13-4-3-10(16)7-12(13)17/h3-7,9H,1-2H3,(H,18,20)(H,19,21). The monoisotopic (exact) mass is 356 g/mol. The summed E-state index contributed by atoms with van der Waals surface area (Å²) in [4.78, 5) is 23.8. The van der Waals surface area contributed by atoms with Crippen LogP contribution < -0.4 is 15.6 Å². The van der Waals surface area contributed by atoms with Gasteiger partial charge in [-0.05, 0) is 38.1 Å². The number of halogens is 2. The lowest BCUT2D eigenvalue weighted by molar-refractivity contribution is -0.128. The van der Waals surface area contributed by atoms with Gasteiger partial charge in [0.05, 0.1) is 16.8 Å². The van der Waals surface area contributed by atoms with Gasteiger partial charge < -0.3 is 9.15 Å². The summed E-state index contributed by atoms with van der Waals surface area (Å²) in [5.41, 5.74) is 4.89. The van der Waals surface area contributed by atoms with Crippen LogP contribution in [-0.2, 0) is 4.79 Å². The van der Waals surface area contributed by atoms with Crippen molar-refractivity contribution in [3.63, 3.8) is 0 Å². The average Bonchev–Trinajstić information content (AvgIpc) is 2.93. The number of furan rings is 1. The number of aryl methyl sites for hydroxylation is 1. The third-order valence-electron chi connectivity index (χ3n) is 2.97. The van der Waals surface area contributed by atoms with Crippen molar-refractivity contribution < 1.29 is 18.7 Å². The van der Waals surface area contributed by atoms with E-state index >= 15 is 0 Å². The predicted molar refractivity (Wildman–Crippen MR) is 85.6 cm³/mol. The topological polar surface area (TPSA) is 80.6 Å². The first-order chi connectivity index (χ1) is 10.9. The number of ether oxygens (including phenoxy) is 1. The largest absolute Gasteiger partial charge is 0.479 e. The second-order valence-electron chi connectivity index (χ2n) is 4.67. The summed E-state index contributed by atoms with van der Waals surface area (Å²) in [5, 5.41) is 0.748. The fourth-order valence-electron chi connectivity index (χ4n) is 1.72. The first kappa shape index (κ1) is 17.2. The van der Waals surface area contributed by atoms with E-state index in [1.807, 2.05) is 0 Å². The Bertz CT molecular complexity index is 730. The predicted octanol–water partition coefficient (Wildman–Crippen LogP) is 3.12. The Kier molecular flexibility index (Phi) is 5.52. The first-order valence-corrected chi connectivity index (χ1v) is 7.40. The van der Waals surface area contributed by atoms with Crippen molar-refractivity contribution in [2.24, 2.45) is 0 Å². The van der Waals surface area contributed by atoms with E-state index in [2.05, 4.69) is 10.9 Å². The zero-order valence-corrected chi connectivity index (χ0v) is 13.9. The lowest BCUT2D eigenvalue weighted by Crippen LogP contribution is -2.47. The van der Waals surface area contributed by atoms with E-state index in [1.54, 1.807) is 19.1 Å². The molecule has 0 spiro atoms. The molecular weight excluding hydrogens is 343 g/mol. The molecule has 1 atom stereocenters. The minimum atomic E-state index is -0.876. The van der Waals surface area contributed by atoms with Crippen LogP contribution in [0.4, 0.5) is 0 Å². The molecule has 0 bridgehead atoms. The van der Waals surface area contributed by atoms with Crippen LogP contribution >= 0.6 is 23.2 Å². The number of carbonyl (C=O) groups excluding carboxylic acids is 2.